The first-order chi connectivity index (χ1) is 18.3. The molecule has 0 unspecified atom stereocenters. The van der Waals surface area contributed by atoms with Gasteiger partial charge in [-0.2, -0.15) is 0 Å². The van der Waals surface area contributed by atoms with Crippen LogP contribution in [0.15, 0.2) is 65.0 Å². The summed E-state index contributed by atoms with van der Waals surface area (Å²) in [6, 6.07) is 11.7. The molecule has 4 rings (SSSR count). The van der Waals surface area contributed by atoms with E-state index in [2.05, 4.69) is 5.32 Å². The molecule has 0 saturated heterocycles. The number of nitrogens with zero attached hydrogens (tertiary/aromatic N) is 1. The van der Waals surface area contributed by atoms with E-state index in [0.717, 1.165) is 12.0 Å². The number of ether oxygens (including phenoxy) is 3. The Morgan fingerprint density at radius 3 is 2.53 bits per heavy atom. The fourth-order valence-electron chi connectivity index (χ4n) is 5.19. The highest BCUT2D eigenvalue weighted by Gasteiger charge is 2.42. The molecule has 9 heteroatoms. The standard InChI is InChI=1S/C29H32N2O7/c1-5-6-12-38-29(33)26-17(2)30-22-14-20(18-10-11-24(36-3)25(16-18)37-4)15-23(32)28(22)27(26)19-8-7-9-21(13-19)31(34)35/h7-11,13,16,20,27,30H,5-6,12,14-15H2,1-4H3/t20-,27-/m0/s1. The predicted octanol–water partition coefficient (Wildman–Crippen LogP) is 5.32. The van der Waals surface area contributed by atoms with E-state index in [1.165, 1.54) is 12.1 Å². The number of carbonyl (C=O) groups excluding carboxylic acids is 2. The van der Waals surface area contributed by atoms with Crippen LogP contribution in [0.5, 0.6) is 11.5 Å². The second kappa shape index (κ2) is 11.5. The number of rotatable bonds is 9. The van der Waals surface area contributed by atoms with Gasteiger partial charge in [-0.05, 0) is 48.9 Å². The summed E-state index contributed by atoms with van der Waals surface area (Å²) >= 11 is 0. The molecule has 2 atom stereocenters. The highest BCUT2D eigenvalue weighted by molar-refractivity contribution is 6.04. The topological polar surface area (TPSA) is 117 Å². The lowest BCUT2D eigenvalue weighted by molar-refractivity contribution is -0.384. The maximum Gasteiger partial charge on any atom is 0.336 e. The molecule has 200 valence electrons. The number of allylic oxidation sites excluding steroid dienone is 3. The van der Waals surface area contributed by atoms with Gasteiger partial charge in [0.15, 0.2) is 17.3 Å². The molecule has 2 aromatic rings. The SMILES string of the molecule is CCCCOC(=O)C1=C(C)NC2=C(C(=O)C[C@@H](c3ccc(OC)c(OC)c3)C2)[C@H]1c1cccc([N+](=O)[O-])c1. The van der Waals surface area contributed by atoms with Gasteiger partial charge in [0.2, 0.25) is 0 Å². The largest absolute Gasteiger partial charge is 0.493 e. The van der Waals surface area contributed by atoms with Crippen molar-refractivity contribution in [2.45, 2.75) is 51.4 Å². The minimum atomic E-state index is -0.765. The number of unbranched alkanes of at least 4 members (excludes halogenated alkanes) is 1. The summed E-state index contributed by atoms with van der Waals surface area (Å²) in [5.41, 5.74) is 3.37. The Morgan fingerprint density at radius 2 is 1.84 bits per heavy atom. The summed E-state index contributed by atoms with van der Waals surface area (Å²) in [5, 5.41) is 14.8. The van der Waals surface area contributed by atoms with Crippen LogP contribution < -0.4 is 14.8 Å². The van der Waals surface area contributed by atoms with Gasteiger partial charge < -0.3 is 19.5 Å². The third-order valence-corrected chi connectivity index (χ3v) is 7.07. The lowest BCUT2D eigenvalue weighted by atomic mass is 9.71. The van der Waals surface area contributed by atoms with E-state index in [1.807, 2.05) is 25.1 Å². The fraction of sp³-hybridized carbons (Fsp3) is 0.379. The van der Waals surface area contributed by atoms with E-state index in [-0.39, 0.29) is 30.4 Å². The number of benzene rings is 2. The molecule has 0 saturated carbocycles. The number of hydrogen-bond acceptors (Lipinski definition) is 8. The van der Waals surface area contributed by atoms with Crippen molar-refractivity contribution in [1.29, 1.82) is 0 Å². The normalized spacial score (nSPS) is 19.0. The van der Waals surface area contributed by atoms with Crippen LogP contribution in [0.3, 0.4) is 0 Å². The van der Waals surface area contributed by atoms with Gasteiger partial charge in [0.05, 0.1) is 31.3 Å². The summed E-state index contributed by atoms with van der Waals surface area (Å²) < 4.78 is 16.3. The molecule has 0 aromatic heterocycles. The molecule has 38 heavy (non-hydrogen) atoms. The molecule has 0 amide bonds. The Hall–Kier alpha value is -4.14. The zero-order chi connectivity index (χ0) is 27.4. The van der Waals surface area contributed by atoms with Gasteiger partial charge in [-0.15, -0.1) is 0 Å². The predicted molar refractivity (Wildman–Crippen MR) is 141 cm³/mol. The number of Topliss-reactive ketones (excluding diaryl/α,β-unsaturated/α-hetero) is 1. The van der Waals surface area contributed by atoms with Crippen LogP contribution in [0, 0.1) is 10.1 Å². The lowest BCUT2D eigenvalue weighted by Crippen LogP contribution is -2.36. The zero-order valence-corrected chi connectivity index (χ0v) is 22.0. The smallest absolute Gasteiger partial charge is 0.336 e. The van der Waals surface area contributed by atoms with Crippen molar-refractivity contribution >= 4 is 17.4 Å². The summed E-state index contributed by atoms with van der Waals surface area (Å²) in [5.74, 6) is -0.353. The van der Waals surface area contributed by atoms with Crippen molar-refractivity contribution in [2.24, 2.45) is 0 Å². The molecule has 1 aliphatic heterocycles. The molecule has 1 heterocycles. The Morgan fingerprint density at radius 1 is 1.08 bits per heavy atom. The molecule has 0 bridgehead atoms. The van der Waals surface area contributed by atoms with Crippen LogP contribution in [0.4, 0.5) is 5.69 Å². The molecule has 1 N–H and O–H groups in total. The zero-order valence-electron chi connectivity index (χ0n) is 22.0. The van der Waals surface area contributed by atoms with E-state index in [1.54, 1.807) is 33.3 Å². The number of dihydropyridines is 1. The Bertz CT molecular complexity index is 1330. The van der Waals surface area contributed by atoms with Gasteiger partial charge in [-0.1, -0.05) is 31.5 Å². The van der Waals surface area contributed by atoms with E-state index in [9.17, 15) is 19.7 Å². The van der Waals surface area contributed by atoms with Crippen molar-refractivity contribution in [3.63, 3.8) is 0 Å². The van der Waals surface area contributed by atoms with Crippen LogP contribution in [0.25, 0.3) is 0 Å². The average Bonchev–Trinajstić information content (AvgIpc) is 2.91. The highest BCUT2D eigenvalue weighted by atomic mass is 16.6. The summed E-state index contributed by atoms with van der Waals surface area (Å²) in [6.07, 6.45) is 2.33. The first-order valence-corrected chi connectivity index (χ1v) is 12.7. The van der Waals surface area contributed by atoms with Gasteiger partial charge in [0.25, 0.3) is 5.69 Å². The molecule has 1 aliphatic carbocycles. The highest BCUT2D eigenvalue weighted by Crippen LogP contribution is 2.47. The van der Waals surface area contributed by atoms with Gasteiger partial charge >= 0.3 is 5.97 Å². The number of nitro groups is 1. The van der Waals surface area contributed by atoms with Crippen LogP contribution in [-0.2, 0) is 14.3 Å². The number of nitrogens with one attached hydrogen (secondary N) is 1. The maximum atomic E-state index is 13.8. The third kappa shape index (κ3) is 5.27. The minimum absolute atomic E-state index is 0.106. The van der Waals surface area contributed by atoms with Crippen LogP contribution in [0.1, 0.15) is 62.5 Å². The van der Waals surface area contributed by atoms with Crippen molar-refractivity contribution in [3.8, 4) is 11.5 Å². The second-order valence-electron chi connectivity index (χ2n) is 9.47. The van der Waals surface area contributed by atoms with Crippen molar-refractivity contribution < 1.29 is 28.7 Å². The minimum Gasteiger partial charge on any atom is -0.493 e. The first kappa shape index (κ1) is 26.9. The van der Waals surface area contributed by atoms with Gasteiger partial charge in [-0.25, -0.2) is 4.79 Å². The molecular weight excluding hydrogens is 488 g/mol. The number of esters is 1. The summed E-state index contributed by atoms with van der Waals surface area (Å²) in [6.45, 7) is 4.03. The van der Waals surface area contributed by atoms with E-state index >= 15 is 0 Å². The van der Waals surface area contributed by atoms with Crippen molar-refractivity contribution in [3.05, 3.63) is 86.2 Å². The van der Waals surface area contributed by atoms with Crippen LogP contribution in [0.2, 0.25) is 0 Å². The molecule has 0 spiro atoms. The van der Waals surface area contributed by atoms with Gasteiger partial charge in [0, 0.05) is 41.4 Å². The second-order valence-corrected chi connectivity index (χ2v) is 9.47. The van der Waals surface area contributed by atoms with E-state index in [0.29, 0.717) is 52.4 Å². The average molecular weight is 521 g/mol. The monoisotopic (exact) mass is 520 g/mol. The maximum absolute atomic E-state index is 13.8. The van der Waals surface area contributed by atoms with Gasteiger partial charge in [-0.3, -0.25) is 14.9 Å². The first-order valence-electron chi connectivity index (χ1n) is 12.7. The fourth-order valence-corrected chi connectivity index (χ4v) is 5.19. The Kier molecular flexibility index (Phi) is 8.14. The van der Waals surface area contributed by atoms with Crippen LogP contribution in [-0.4, -0.2) is 37.5 Å². The van der Waals surface area contributed by atoms with E-state index in [4.69, 9.17) is 14.2 Å². The summed E-state index contributed by atoms with van der Waals surface area (Å²) in [7, 11) is 3.13. The molecule has 9 nitrogen and oxygen atoms in total. The number of non-ortho nitro benzene ring substituents is 1. The lowest BCUT2D eigenvalue weighted by Gasteiger charge is -2.36. The number of nitro benzene ring substituents is 1. The Labute approximate surface area is 221 Å². The molecule has 0 fully saturated rings. The number of methoxy groups -OCH3 is 2. The molecular formula is C29H32N2O7. The van der Waals surface area contributed by atoms with E-state index < -0.39 is 16.8 Å². The molecule has 0 radical (unpaired) electrons. The molecule has 2 aliphatic rings. The number of ketones is 1. The van der Waals surface area contributed by atoms with Crippen molar-refractivity contribution in [1.82, 2.24) is 5.32 Å². The molecule has 2 aromatic carbocycles. The van der Waals surface area contributed by atoms with Gasteiger partial charge in [0.1, 0.15) is 0 Å². The summed E-state index contributed by atoms with van der Waals surface area (Å²) in [4.78, 5) is 38.1. The van der Waals surface area contributed by atoms with Crippen LogP contribution >= 0.6 is 0 Å². The Balaban J connectivity index is 1.77. The van der Waals surface area contributed by atoms with Crippen molar-refractivity contribution in [2.75, 3.05) is 20.8 Å². The number of carbonyl (C=O) groups is 2. The number of hydrogen-bond donors (Lipinski definition) is 1. The third-order valence-electron chi connectivity index (χ3n) is 7.07. The quantitative estimate of drug-likeness (QED) is 0.204.